The molecule has 0 aromatic carbocycles. The van der Waals surface area contributed by atoms with Gasteiger partial charge in [-0.1, -0.05) is 6.92 Å². The Morgan fingerprint density at radius 1 is 1.29 bits per heavy atom. The van der Waals surface area contributed by atoms with Gasteiger partial charge in [-0.2, -0.15) is 0 Å². The van der Waals surface area contributed by atoms with Crippen LogP contribution in [0.25, 0.3) is 0 Å². The van der Waals surface area contributed by atoms with Crippen LogP contribution in [0.1, 0.15) is 33.6 Å². The van der Waals surface area contributed by atoms with Gasteiger partial charge in [0.15, 0.2) is 12.1 Å². The average Bonchev–Trinajstić information content (AvgIpc) is 2.62. The molecule has 4 atom stereocenters. The number of ether oxygens (including phenoxy) is 3. The number of rotatable bonds is 3. The average molecular weight is 319 g/mol. The van der Waals surface area contributed by atoms with E-state index in [0.29, 0.717) is 6.42 Å². The summed E-state index contributed by atoms with van der Waals surface area (Å²) in [7, 11) is 0. The molecule has 0 amide bonds. The van der Waals surface area contributed by atoms with E-state index in [2.05, 4.69) is 0 Å². The summed E-state index contributed by atoms with van der Waals surface area (Å²) >= 11 is 0. The monoisotopic (exact) mass is 319 g/mol. The van der Waals surface area contributed by atoms with Crippen LogP contribution >= 0.6 is 0 Å². The smallest absolute Gasteiger partial charge is 0.190 e. The first-order valence-electron chi connectivity index (χ1n) is 5.59. The van der Waals surface area contributed by atoms with Gasteiger partial charge in [0, 0.05) is 39.1 Å². The fourth-order valence-corrected chi connectivity index (χ4v) is 2.41. The first-order chi connectivity index (χ1) is 7.44. The summed E-state index contributed by atoms with van der Waals surface area (Å²) in [5, 5.41) is 10.2. The van der Waals surface area contributed by atoms with Gasteiger partial charge in [0.25, 0.3) is 0 Å². The topological polar surface area (TPSA) is 65.0 Å². The van der Waals surface area contributed by atoms with Crippen molar-refractivity contribution in [1.29, 1.82) is 0 Å². The molecule has 1 radical (unpaired) electrons. The zero-order valence-corrected chi connectivity index (χ0v) is 13.2. The Morgan fingerprint density at radius 3 is 2.41 bits per heavy atom. The molecule has 0 saturated carbocycles. The number of aliphatic hydroxyl groups excluding tert-OH is 1. The van der Waals surface area contributed by atoms with Crippen LogP contribution in [0, 0.1) is 0 Å². The SMILES string of the molecule is CC[C@@]1(CC=O)O[C@H]2OC(C)(C)O[C@H]2C1O.[Y]. The van der Waals surface area contributed by atoms with Crippen LogP contribution in [0.3, 0.4) is 0 Å². The third-order valence-electron chi connectivity index (χ3n) is 3.32. The maximum absolute atomic E-state index is 10.6. The van der Waals surface area contributed by atoms with Crippen molar-refractivity contribution in [3.05, 3.63) is 0 Å². The number of aldehydes is 1. The number of hydrogen-bond donors (Lipinski definition) is 1. The van der Waals surface area contributed by atoms with Crippen LogP contribution in [0.15, 0.2) is 0 Å². The Bertz CT molecular complexity index is 296. The zero-order chi connectivity index (χ0) is 12.0. The fourth-order valence-electron chi connectivity index (χ4n) is 2.41. The summed E-state index contributed by atoms with van der Waals surface area (Å²) in [4.78, 5) is 10.6. The molecule has 0 spiro atoms. The van der Waals surface area contributed by atoms with Crippen molar-refractivity contribution < 1.29 is 56.8 Å². The molecule has 2 heterocycles. The van der Waals surface area contributed by atoms with Crippen molar-refractivity contribution in [1.82, 2.24) is 0 Å². The minimum Gasteiger partial charge on any atom is -0.387 e. The minimum atomic E-state index is -0.854. The van der Waals surface area contributed by atoms with Crippen molar-refractivity contribution in [2.75, 3.05) is 0 Å². The van der Waals surface area contributed by atoms with Crippen LogP contribution in [-0.4, -0.2) is 41.3 Å². The van der Waals surface area contributed by atoms with Gasteiger partial charge in [-0.15, -0.1) is 0 Å². The predicted molar refractivity (Wildman–Crippen MR) is 54.6 cm³/mol. The molecule has 0 aromatic heterocycles. The molecule has 0 bridgehead atoms. The molecule has 95 valence electrons. The Balaban J connectivity index is 0.00000144. The molecular formula is C11H18O5Y. The van der Waals surface area contributed by atoms with Crippen molar-refractivity contribution >= 4 is 6.29 Å². The van der Waals surface area contributed by atoms with E-state index in [1.165, 1.54) is 0 Å². The van der Waals surface area contributed by atoms with Crippen LogP contribution in [-0.2, 0) is 51.7 Å². The van der Waals surface area contributed by atoms with E-state index in [9.17, 15) is 9.90 Å². The van der Waals surface area contributed by atoms with Gasteiger partial charge >= 0.3 is 0 Å². The number of carbonyl (C=O) groups is 1. The maximum Gasteiger partial charge on any atom is 0.190 e. The molecule has 2 aliphatic heterocycles. The summed E-state index contributed by atoms with van der Waals surface area (Å²) in [6.45, 7) is 5.42. The van der Waals surface area contributed by atoms with E-state index in [1.54, 1.807) is 13.8 Å². The normalized spacial score (nSPS) is 42.9. The molecular weight excluding hydrogens is 301 g/mol. The molecule has 2 rings (SSSR count). The Morgan fingerprint density at radius 2 is 1.94 bits per heavy atom. The Kier molecular flexibility index (Phi) is 4.90. The Labute approximate surface area is 126 Å². The first kappa shape index (κ1) is 15.7. The molecule has 0 aliphatic carbocycles. The van der Waals surface area contributed by atoms with Crippen molar-refractivity contribution in [3.8, 4) is 0 Å². The molecule has 1 unspecified atom stereocenters. The van der Waals surface area contributed by atoms with E-state index in [1.807, 2.05) is 6.92 Å². The van der Waals surface area contributed by atoms with E-state index >= 15 is 0 Å². The van der Waals surface area contributed by atoms with Crippen LogP contribution in [0.5, 0.6) is 0 Å². The molecule has 6 heteroatoms. The van der Waals surface area contributed by atoms with E-state index in [0.717, 1.165) is 6.29 Å². The molecule has 5 nitrogen and oxygen atoms in total. The molecule has 2 aliphatic rings. The van der Waals surface area contributed by atoms with Crippen molar-refractivity contribution in [2.24, 2.45) is 0 Å². The van der Waals surface area contributed by atoms with Gasteiger partial charge in [0.2, 0.25) is 0 Å². The second kappa shape index (κ2) is 5.31. The van der Waals surface area contributed by atoms with E-state index in [4.69, 9.17) is 14.2 Å². The van der Waals surface area contributed by atoms with Gasteiger partial charge in [0.1, 0.15) is 24.1 Å². The fraction of sp³-hybridized carbons (Fsp3) is 0.909. The van der Waals surface area contributed by atoms with E-state index in [-0.39, 0.29) is 39.1 Å². The molecule has 0 aromatic rings. The zero-order valence-electron chi connectivity index (χ0n) is 10.4. The summed E-state index contributed by atoms with van der Waals surface area (Å²) in [5.41, 5.74) is -0.854. The number of aliphatic hydroxyl groups is 1. The van der Waals surface area contributed by atoms with Gasteiger partial charge in [0.05, 0.1) is 0 Å². The number of carbonyl (C=O) groups excluding carboxylic acids is 1. The third-order valence-corrected chi connectivity index (χ3v) is 3.32. The van der Waals surface area contributed by atoms with Gasteiger partial charge < -0.3 is 24.1 Å². The quantitative estimate of drug-likeness (QED) is 0.772. The van der Waals surface area contributed by atoms with Gasteiger partial charge in [-0.25, -0.2) is 0 Å². The van der Waals surface area contributed by atoms with Crippen molar-refractivity contribution in [2.45, 2.75) is 63.5 Å². The second-order valence-corrected chi connectivity index (χ2v) is 4.82. The van der Waals surface area contributed by atoms with E-state index < -0.39 is 29.9 Å². The standard InChI is InChI=1S/C11H18O5.Y/c1-4-11(5-6-12)8(13)7-9(16-11)15-10(2,3)14-7;/h6-9,13H,4-5H2,1-3H3;/t7-,8?,9+,11-;/m0./s1. The summed E-state index contributed by atoms with van der Waals surface area (Å²) in [6, 6.07) is 0. The van der Waals surface area contributed by atoms with Crippen LogP contribution < -0.4 is 0 Å². The third kappa shape index (κ3) is 2.65. The van der Waals surface area contributed by atoms with Crippen molar-refractivity contribution in [3.63, 3.8) is 0 Å². The largest absolute Gasteiger partial charge is 0.387 e. The first-order valence-corrected chi connectivity index (χ1v) is 5.59. The summed E-state index contributed by atoms with van der Waals surface area (Å²) in [6.07, 6.45) is -0.439. The Hall–Kier alpha value is 0.614. The molecule has 2 saturated heterocycles. The molecule has 2 fully saturated rings. The molecule has 17 heavy (non-hydrogen) atoms. The van der Waals surface area contributed by atoms with Crippen LogP contribution in [0.4, 0.5) is 0 Å². The maximum atomic E-state index is 10.6. The van der Waals surface area contributed by atoms with Gasteiger partial charge in [-0.05, 0) is 20.3 Å². The summed E-state index contributed by atoms with van der Waals surface area (Å²) in [5.74, 6) is -0.739. The van der Waals surface area contributed by atoms with Gasteiger partial charge in [-0.3, -0.25) is 0 Å². The molecule has 1 N–H and O–H groups in total. The summed E-state index contributed by atoms with van der Waals surface area (Å²) < 4.78 is 16.8. The predicted octanol–water partition coefficient (Wildman–Crippen LogP) is 0.590. The van der Waals surface area contributed by atoms with Crippen LogP contribution in [0.2, 0.25) is 0 Å². The second-order valence-electron chi connectivity index (χ2n) is 4.82. The minimum absolute atomic E-state index is 0. The number of fused-ring (bicyclic) bond motifs is 1. The number of hydrogen-bond acceptors (Lipinski definition) is 5.